The summed E-state index contributed by atoms with van der Waals surface area (Å²) >= 11 is 3.48. The van der Waals surface area contributed by atoms with E-state index in [4.69, 9.17) is 0 Å². The first-order chi connectivity index (χ1) is 13.5. The van der Waals surface area contributed by atoms with Gasteiger partial charge in [-0.3, -0.25) is 19.5 Å². The molecule has 0 spiro atoms. The first-order valence-electron chi connectivity index (χ1n) is 9.50. The molecule has 1 N–H and O–H groups in total. The average molecular weight is 445 g/mol. The van der Waals surface area contributed by atoms with Crippen LogP contribution in [-0.4, -0.2) is 65.9 Å². The molecule has 0 aliphatic carbocycles. The fraction of sp³-hybridized carbons (Fsp3) is 0.381. The summed E-state index contributed by atoms with van der Waals surface area (Å²) in [6.07, 6.45) is 0. The van der Waals surface area contributed by atoms with Gasteiger partial charge >= 0.3 is 0 Å². The summed E-state index contributed by atoms with van der Waals surface area (Å²) in [5.41, 5.74) is 3.22. The summed E-state index contributed by atoms with van der Waals surface area (Å²) in [7, 11) is 0. The van der Waals surface area contributed by atoms with E-state index < -0.39 is 0 Å². The molecule has 0 radical (unpaired) electrons. The maximum atomic E-state index is 12.9. The van der Waals surface area contributed by atoms with E-state index in [1.165, 1.54) is 0 Å². The summed E-state index contributed by atoms with van der Waals surface area (Å²) in [5.74, 6) is 0.0360. The van der Waals surface area contributed by atoms with Gasteiger partial charge in [-0.1, -0.05) is 28.1 Å². The minimum absolute atomic E-state index is 0.00320. The molecule has 3 rings (SSSR count). The highest BCUT2D eigenvalue weighted by Gasteiger charge is 2.24. The third kappa shape index (κ3) is 4.97. The highest BCUT2D eigenvalue weighted by atomic mass is 79.9. The van der Waals surface area contributed by atoms with E-state index >= 15 is 0 Å². The second kappa shape index (κ2) is 9.30. The molecular weight excluding hydrogens is 420 g/mol. The van der Waals surface area contributed by atoms with Crippen molar-refractivity contribution in [3.63, 3.8) is 0 Å². The van der Waals surface area contributed by atoms with Crippen LogP contribution in [0.25, 0.3) is 11.3 Å². The first-order valence-corrected chi connectivity index (χ1v) is 10.3. The third-order valence-electron chi connectivity index (χ3n) is 4.84. The van der Waals surface area contributed by atoms with Gasteiger partial charge in [-0.2, -0.15) is 0 Å². The van der Waals surface area contributed by atoms with Crippen LogP contribution in [0.15, 0.2) is 40.9 Å². The van der Waals surface area contributed by atoms with Crippen molar-refractivity contribution in [2.45, 2.75) is 13.8 Å². The van der Waals surface area contributed by atoms with Crippen molar-refractivity contribution >= 4 is 27.7 Å². The van der Waals surface area contributed by atoms with Gasteiger partial charge in [-0.15, -0.1) is 0 Å². The molecule has 28 heavy (non-hydrogen) atoms. The highest BCUT2D eigenvalue weighted by Crippen LogP contribution is 2.23. The van der Waals surface area contributed by atoms with Crippen LogP contribution in [0.2, 0.25) is 0 Å². The van der Waals surface area contributed by atoms with Crippen LogP contribution >= 0.6 is 15.9 Å². The van der Waals surface area contributed by atoms with Gasteiger partial charge in [0.15, 0.2) is 0 Å². The predicted octanol–water partition coefficient (Wildman–Crippen LogP) is 2.71. The number of piperazine rings is 1. The number of hydrogen-bond acceptors (Lipinski definition) is 4. The quantitative estimate of drug-likeness (QED) is 0.769. The Morgan fingerprint density at radius 2 is 1.89 bits per heavy atom. The molecule has 1 aliphatic rings. The van der Waals surface area contributed by atoms with Crippen molar-refractivity contribution in [3.8, 4) is 11.3 Å². The molecular formula is C21H25BrN4O2. The number of amides is 2. The van der Waals surface area contributed by atoms with Crippen LogP contribution in [0.4, 0.5) is 0 Å². The Balaban J connectivity index is 1.64. The average Bonchev–Trinajstić information content (AvgIpc) is 2.68. The number of hydrogen-bond donors (Lipinski definition) is 1. The fourth-order valence-electron chi connectivity index (χ4n) is 3.33. The smallest absolute Gasteiger partial charge is 0.255 e. The number of aromatic nitrogens is 1. The predicted molar refractivity (Wildman–Crippen MR) is 113 cm³/mol. The van der Waals surface area contributed by atoms with Crippen LogP contribution in [0.1, 0.15) is 23.0 Å². The Labute approximate surface area is 174 Å². The molecule has 0 bridgehead atoms. The fourth-order valence-corrected chi connectivity index (χ4v) is 3.73. The van der Waals surface area contributed by atoms with Gasteiger partial charge in [-0.25, -0.2) is 0 Å². The number of rotatable bonds is 5. The molecule has 2 heterocycles. The molecule has 148 valence electrons. The SMILES string of the molecule is CCNC(=O)CN1CCN(C(=O)c2ccc(-c3cccc(Br)c3)nc2C)CC1. The second-order valence-electron chi connectivity index (χ2n) is 6.86. The Bertz CT molecular complexity index is 863. The van der Waals surface area contributed by atoms with E-state index in [0.29, 0.717) is 44.8 Å². The van der Waals surface area contributed by atoms with Gasteiger partial charge in [0, 0.05) is 42.8 Å². The maximum Gasteiger partial charge on any atom is 0.255 e. The molecule has 1 aromatic heterocycles. The van der Waals surface area contributed by atoms with Crippen LogP contribution < -0.4 is 5.32 Å². The van der Waals surface area contributed by atoms with E-state index in [-0.39, 0.29) is 11.8 Å². The summed E-state index contributed by atoms with van der Waals surface area (Å²) in [6, 6.07) is 11.7. The lowest BCUT2D eigenvalue weighted by molar-refractivity contribution is -0.122. The molecule has 0 saturated carbocycles. The topological polar surface area (TPSA) is 65.5 Å². The van der Waals surface area contributed by atoms with Crippen molar-refractivity contribution in [3.05, 3.63) is 52.1 Å². The van der Waals surface area contributed by atoms with Gasteiger partial charge in [0.2, 0.25) is 5.91 Å². The molecule has 0 atom stereocenters. The van der Waals surface area contributed by atoms with Gasteiger partial charge in [0.25, 0.3) is 5.91 Å². The van der Waals surface area contributed by atoms with Crippen LogP contribution in [0.3, 0.4) is 0 Å². The first kappa shape index (κ1) is 20.5. The van der Waals surface area contributed by atoms with Gasteiger partial charge in [0.1, 0.15) is 0 Å². The zero-order chi connectivity index (χ0) is 20.1. The number of pyridine rings is 1. The van der Waals surface area contributed by atoms with Crippen LogP contribution in [0, 0.1) is 6.92 Å². The molecule has 2 amide bonds. The Hall–Kier alpha value is -2.25. The minimum Gasteiger partial charge on any atom is -0.355 e. The number of halogens is 1. The molecule has 0 unspecified atom stereocenters. The third-order valence-corrected chi connectivity index (χ3v) is 5.33. The second-order valence-corrected chi connectivity index (χ2v) is 7.78. The summed E-state index contributed by atoms with van der Waals surface area (Å²) in [4.78, 5) is 33.2. The lowest BCUT2D eigenvalue weighted by Crippen LogP contribution is -2.51. The van der Waals surface area contributed by atoms with E-state index in [0.717, 1.165) is 21.4 Å². The van der Waals surface area contributed by atoms with Gasteiger partial charge in [0.05, 0.1) is 23.5 Å². The summed E-state index contributed by atoms with van der Waals surface area (Å²) in [6.45, 7) is 7.44. The number of nitrogens with one attached hydrogen (secondary N) is 1. The Morgan fingerprint density at radius 3 is 2.54 bits per heavy atom. The van der Waals surface area contributed by atoms with E-state index in [1.54, 1.807) is 0 Å². The molecule has 7 heteroatoms. The molecule has 2 aromatic rings. The van der Waals surface area contributed by atoms with Crippen molar-refractivity contribution in [1.82, 2.24) is 20.1 Å². The van der Waals surface area contributed by atoms with Gasteiger partial charge in [-0.05, 0) is 38.1 Å². The number of benzene rings is 1. The highest BCUT2D eigenvalue weighted by molar-refractivity contribution is 9.10. The minimum atomic E-state index is 0.00320. The lowest BCUT2D eigenvalue weighted by atomic mass is 10.1. The molecule has 1 aliphatic heterocycles. The van der Waals surface area contributed by atoms with Crippen molar-refractivity contribution in [2.24, 2.45) is 0 Å². The molecule has 6 nitrogen and oxygen atoms in total. The van der Waals surface area contributed by atoms with E-state index in [2.05, 4.69) is 31.1 Å². The van der Waals surface area contributed by atoms with Crippen LogP contribution in [-0.2, 0) is 4.79 Å². The van der Waals surface area contributed by atoms with E-state index in [1.807, 2.05) is 55.1 Å². The van der Waals surface area contributed by atoms with Crippen molar-refractivity contribution < 1.29 is 9.59 Å². The summed E-state index contributed by atoms with van der Waals surface area (Å²) in [5, 5.41) is 2.81. The number of likely N-dealkylation sites (N-methyl/N-ethyl adjacent to an activating group) is 1. The largest absolute Gasteiger partial charge is 0.355 e. The molecule has 1 saturated heterocycles. The number of carbonyl (C=O) groups excluding carboxylic acids is 2. The van der Waals surface area contributed by atoms with Crippen molar-refractivity contribution in [1.29, 1.82) is 0 Å². The maximum absolute atomic E-state index is 12.9. The standard InChI is InChI=1S/C21H25BrN4O2/c1-3-23-20(27)14-25-9-11-26(12-10-25)21(28)18-7-8-19(24-15(18)2)16-5-4-6-17(22)13-16/h4-8,13H,3,9-12,14H2,1-2H3,(H,23,27). The zero-order valence-corrected chi connectivity index (χ0v) is 17.8. The Morgan fingerprint density at radius 1 is 1.14 bits per heavy atom. The Kier molecular flexibility index (Phi) is 6.80. The molecule has 1 fully saturated rings. The van der Waals surface area contributed by atoms with Crippen LogP contribution in [0.5, 0.6) is 0 Å². The number of aryl methyl sites for hydroxylation is 1. The lowest BCUT2D eigenvalue weighted by Gasteiger charge is -2.34. The zero-order valence-electron chi connectivity index (χ0n) is 16.2. The van der Waals surface area contributed by atoms with Crippen molar-refractivity contribution in [2.75, 3.05) is 39.3 Å². The van der Waals surface area contributed by atoms with E-state index in [9.17, 15) is 9.59 Å². The van der Waals surface area contributed by atoms with Gasteiger partial charge < -0.3 is 10.2 Å². The number of carbonyl (C=O) groups is 2. The monoisotopic (exact) mass is 444 g/mol. The molecule has 1 aromatic carbocycles. The summed E-state index contributed by atoms with van der Waals surface area (Å²) < 4.78 is 0.995. The normalized spacial score (nSPS) is 14.8. The number of nitrogens with zero attached hydrogens (tertiary/aromatic N) is 3.